The van der Waals surface area contributed by atoms with Crippen LogP contribution in [0.2, 0.25) is 0 Å². The van der Waals surface area contributed by atoms with Gasteiger partial charge in [-0.1, -0.05) is 30.0 Å². The van der Waals surface area contributed by atoms with Crippen molar-refractivity contribution in [3.8, 4) is 0 Å². The number of para-hydroxylation sites is 1. The zero-order valence-electron chi connectivity index (χ0n) is 13.1. The van der Waals surface area contributed by atoms with Crippen LogP contribution in [-0.2, 0) is 9.59 Å². The highest BCUT2D eigenvalue weighted by molar-refractivity contribution is 8.15. The molecule has 124 valence electrons. The molecule has 1 atom stereocenters. The van der Waals surface area contributed by atoms with Crippen LogP contribution in [0, 0.1) is 0 Å². The van der Waals surface area contributed by atoms with Crippen molar-refractivity contribution in [2.24, 2.45) is 4.99 Å². The highest BCUT2D eigenvalue weighted by Crippen LogP contribution is 2.31. The first-order chi connectivity index (χ1) is 11.2. The standard InChI is InChI=1S/C16H21N3O3S/c1-2-17-14(21)11-13-15(22)19(9-6-10-20)16(23-13)18-12-7-4-3-5-8-12/h3-5,7-8,13,20H,2,6,9-11H2,1H3,(H,17,21). The molecule has 0 spiro atoms. The molecule has 1 aromatic carbocycles. The molecule has 1 aliphatic rings. The maximum absolute atomic E-state index is 12.5. The summed E-state index contributed by atoms with van der Waals surface area (Å²) in [6.45, 7) is 2.80. The van der Waals surface area contributed by atoms with E-state index in [9.17, 15) is 9.59 Å². The Bertz CT molecular complexity index is 577. The number of hydrogen-bond acceptors (Lipinski definition) is 5. The molecule has 1 fully saturated rings. The number of amidine groups is 1. The van der Waals surface area contributed by atoms with E-state index in [1.165, 1.54) is 11.8 Å². The minimum atomic E-state index is -0.456. The number of benzene rings is 1. The van der Waals surface area contributed by atoms with Crippen molar-refractivity contribution in [2.45, 2.75) is 25.0 Å². The van der Waals surface area contributed by atoms with Crippen molar-refractivity contribution >= 4 is 34.4 Å². The molecule has 0 saturated carbocycles. The predicted molar refractivity (Wildman–Crippen MR) is 91.6 cm³/mol. The van der Waals surface area contributed by atoms with Crippen LogP contribution in [-0.4, -0.2) is 51.9 Å². The molecule has 1 unspecified atom stereocenters. The van der Waals surface area contributed by atoms with Crippen molar-refractivity contribution in [3.05, 3.63) is 30.3 Å². The SMILES string of the molecule is CCNC(=O)CC1SC(=Nc2ccccc2)N(CCCO)C1=O. The normalized spacial score (nSPS) is 19.4. The molecule has 23 heavy (non-hydrogen) atoms. The number of thioether (sulfide) groups is 1. The molecule has 0 aromatic heterocycles. The molecule has 6 nitrogen and oxygen atoms in total. The largest absolute Gasteiger partial charge is 0.396 e. The van der Waals surface area contributed by atoms with Crippen LogP contribution in [0.4, 0.5) is 5.69 Å². The Kier molecular flexibility index (Phi) is 6.61. The lowest BCUT2D eigenvalue weighted by Gasteiger charge is -2.15. The molecular weight excluding hydrogens is 314 g/mol. The van der Waals surface area contributed by atoms with E-state index in [0.29, 0.717) is 24.7 Å². The summed E-state index contributed by atoms with van der Waals surface area (Å²) >= 11 is 1.31. The first kappa shape index (κ1) is 17.5. The summed E-state index contributed by atoms with van der Waals surface area (Å²) < 4.78 is 0. The van der Waals surface area contributed by atoms with E-state index in [1.54, 1.807) is 4.90 Å². The molecule has 0 bridgehead atoms. The first-order valence-electron chi connectivity index (χ1n) is 7.65. The van der Waals surface area contributed by atoms with Crippen molar-refractivity contribution in [1.29, 1.82) is 0 Å². The number of rotatable bonds is 7. The number of aliphatic hydroxyl groups is 1. The van der Waals surface area contributed by atoms with Gasteiger partial charge in [0.1, 0.15) is 5.25 Å². The Morgan fingerprint density at radius 2 is 2.13 bits per heavy atom. The fraction of sp³-hybridized carbons (Fsp3) is 0.438. The lowest BCUT2D eigenvalue weighted by molar-refractivity contribution is -0.129. The molecule has 1 saturated heterocycles. The minimum Gasteiger partial charge on any atom is -0.396 e. The van der Waals surface area contributed by atoms with Crippen LogP contribution < -0.4 is 5.32 Å². The fourth-order valence-corrected chi connectivity index (χ4v) is 3.39. The Morgan fingerprint density at radius 1 is 1.39 bits per heavy atom. The maximum Gasteiger partial charge on any atom is 0.242 e. The molecule has 1 aromatic rings. The van der Waals surface area contributed by atoms with Crippen LogP contribution in [0.15, 0.2) is 35.3 Å². The minimum absolute atomic E-state index is 0.00799. The van der Waals surface area contributed by atoms with Gasteiger partial charge in [-0.05, 0) is 25.5 Å². The lowest BCUT2D eigenvalue weighted by Crippen LogP contribution is -2.35. The lowest BCUT2D eigenvalue weighted by atomic mass is 10.2. The van der Waals surface area contributed by atoms with Crippen LogP contribution in [0.3, 0.4) is 0 Å². The summed E-state index contributed by atoms with van der Waals surface area (Å²) in [6.07, 6.45) is 0.620. The van der Waals surface area contributed by atoms with E-state index < -0.39 is 5.25 Å². The summed E-state index contributed by atoms with van der Waals surface area (Å²) in [4.78, 5) is 30.4. The number of carbonyl (C=O) groups is 2. The molecule has 0 radical (unpaired) electrons. The molecule has 2 rings (SSSR count). The maximum atomic E-state index is 12.5. The number of amides is 2. The smallest absolute Gasteiger partial charge is 0.242 e. The van der Waals surface area contributed by atoms with Gasteiger partial charge in [0.25, 0.3) is 0 Å². The second kappa shape index (κ2) is 8.69. The zero-order chi connectivity index (χ0) is 16.7. The van der Waals surface area contributed by atoms with Gasteiger partial charge in [0, 0.05) is 26.1 Å². The third-order valence-corrected chi connectivity index (χ3v) is 4.46. The third-order valence-electron chi connectivity index (χ3n) is 3.29. The second-order valence-electron chi connectivity index (χ2n) is 5.06. The molecule has 1 aliphatic heterocycles. The van der Waals surface area contributed by atoms with E-state index in [1.807, 2.05) is 37.3 Å². The molecule has 0 aliphatic carbocycles. The first-order valence-corrected chi connectivity index (χ1v) is 8.53. The summed E-state index contributed by atoms with van der Waals surface area (Å²) in [7, 11) is 0. The van der Waals surface area contributed by atoms with Gasteiger partial charge in [-0.25, -0.2) is 4.99 Å². The van der Waals surface area contributed by atoms with E-state index in [-0.39, 0.29) is 24.8 Å². The fourth-order valence-electron chi connectivity index (χ4n) is 2.21. The molecule has 2 N–H and O–H groups in total. The van der Waals surface area contributed by atoms with Crippen molar-refractivity contribution in [3.63, 3.8) is 0 Å². The van der Waals surface area contributed by atoms with Gasteiger partial charge in [0.05, 0.1) is 5.69 Å². The van der Waals surface area contributed by atoms with Crippen molar-refractivity contribution in [2.75, 3.05) is 19.7 Å². The van der Waals surface area contributed by atoms with Crippen LogP contribution in [0.5, 0.6) is 0 Å². The highest BCUT2D eigenvalue weighted by atomic mass is 32.2. The van der Waals surface area contributed by atoms with E-state index >= 15 is 0 Å². The van der Waals surface area contributed by atoms with Gasteiger partial charge in [-0.3, -0.25) is 14.5 Å². The number of nitrogens with one attached hydrogen (secondary N) is 1. The highest BCUT2D eigenvalue weighted by Gasteiger charge is 2.38. The van der Waals surface area contributed by atoms with E-state index in [0.717, 1.165) is 5.69 Å². The zero-order valence-corrected chi connectivity index (χ0v) is 13.9. The summed E-state index contributed by atoms with van der Waals surface area (Å²) in [5.74, 6) is -0.259. The van der Waals surface area contributed by atoms with Crippen LogP contribution in [0.25, 0.3) is 0 Å². The number of hydrogen-bond donors (Lipinski definition) is 2. The quantitative estimate of drug-likeness (QED) is 0.792. The average molecular weight is 335 g/mol. The van der Waals surface area contributed by atoms with Crippen molar-refractivity contribution in [1.82, 2.24) is 10.2 Å². The number of aliphatic hydroxyl groups excluding tert-OH is 1. The monoisotopic (exact) mass is 335 g/mol. The molecule has 7 heteroatoms. The Hall–Kier alpha value is -1.86. The van der Waals surface area contributed by atoms with Crippen LogP contribution >= 0.6 is 11.8 Å². The van der Waals surface area contributed by atoms with Gasteiger partial charge in [0.15, 0.2) is 5.17 Å². The molecular formula is C16H21N3O3S. The Balaban J connectivity index is 2.16. The van der Waals surface area contributed by atoms with Gasteiger partial charge in [-0.2, -0.15) is 0 Å². The van der Waals surface area contributed by atoms with Crippen LogP contribution in [0.1, 0.15) is 19.8 Å². The van der Waals surface area contributed by atoms with E-state index in [2.05, 4.69) is 10.3 Å². The van der Waals surface area contributed by atoms with Gasteiger partial charge < -0.3 is 10.4 Å². The summed E-state index contributed by atoms with van der Waals surface area (Å²) in [6, 6.07) is 9.38. The number of aliphatic imine (C=N–C) groups is 1. The molecule has 2 amide bonds. The number of nitrogens with zero attached hydrogens (tertiary/aromatic N) is 2. The summed E-state index contributed by atoms with van der Waals surface area (Å²) in [5, 5.41) is 11.9. The molecule has 1 heterocycles. The summed E-state index contributed by atoms with van der Waals surface area (Å²) in [5.41, 5.74) is 0.760. The van der Waals surface area contributed by atoms with E-state index in [4.69, 9.17) is 5.11 Å². The van der Waals surface area contributed by atoms with Crippen molar-refractivity contribution < 1.29 is 14.7 Å². The topological polar surface area (TPSA) is 82.0 Å². The van der Waals surface area contributed by atoms with Gasteiger partial charge >= 0.3 is 0 Å². The predicted octanol–water partition coefficient (Wildman–Crippen LogP) is 1.53. The second-order valence-corrected chi connectivity index (χ2v) is 6.23. The van der Waals surface area contributed by atoms with Gasteiger partial charge in [0.2, 0.25) is 11.8 Å². The van der Waals surface area contributed by atoms with Gasteiger partial charge in [-0.15, -0.1) is 0 Å². The Labute approximate surface area is 140 Å². The number of carbonyl (C=O) groups excluding carboxylic acids is 2. The average Bonchev–Trinajstić information content (AvgIpc) is 2.82. The Morgan fingerprint density at radius 3 is 2.78 bits per heavy atom. The third kappa shape index (κ3) is 4.80.